The Hall–Kier alpha value is -2.10. The second-order valence-corrected chi connectivity index (χ2v) is 7.58. The lowest BCUT2D eigenvalue weighted by molar-refractivity contribution is 0.175. The standard InChI is InChI=1S/C22H23ClN2O/c23-20-14-18(22(26)21-19(20)7-4-10-24-21)15-25-11-8-17(9-12-25)13-16-5-2-1-3-6-16/h1-7,10,14,17,26H,8-9,11-13,15H2. The van der Waals surface area contributed by atoms with Crippen LogP contribution < -0.4 is 0 Å². The zero-order chi connectivity index (χ0) is 17.9. The number of benzene rings is 2. The summed E-state index contributed by atoms with van der Waals surface area (Å²) in [7, 11) is 0. The van der Waals surface area contributed by atoms with Gasteiger partial charge in [0.1, 0.15) is 11.3 Å². The molecular formula is C22H23ClN2O. The van der Waals surface area contributed by atoms with Crippen LogP contribution in [0.2, 0.25) is 5.02 Å². The van der Waals surface area contributed by atoms with Crippen molar-refractivity contribution in [1.29, 1.82) is 0 Å². The van der Waals surface area contributed by atoms with Gasteiger partial charge in [0.15, 0.2) is 0 Å². The summed E-state index contributed by atoms with van der Waals surface area (Å²) in [5.41, 5.74) is 2.88. The Balaban J connectivity index is 1.42. The first-order chi connectivity index (χ1) is 12.7. The highest BCUT2D eigenvalue weighted by molar-refractivity contribution is 6.35. The van der Waals surface area contributed by atoms with Crippen molar-refractivity contribution in [3.05, 3.63) is 70.9 Å². The molecule has 26 heavy (non-hydrogen) atoms. The Kier molecular flexibility index (Phi) is 5.09. The molecule has 0 aliphatic carbocycles. The number of halogens is 1. The fourth-order valence-corrected chi connectivity index (χ4v) is 4.18. The molecule has 0 radical (unpaired) electrons. The summed E-state index contributed by atoms with van der Waals surface area (Å²) in [6.07, 6.45) is 5.23. The molecule has 0 atom stereocenters. The Morgan fingerprint density at radius 3 is 2.62 bits per heavy atom. The van der Waals surface area contributed by atoms with Gasteiger partial charge in [-0.2, -0.15) is 0 Å². The van der Waals surface area contributed by atoms with Crippen LogP contribution in [0.5, 0.6) is 5.75 Å². The van der Waals surface area contributed by atoms with E-state index in [0.717, 1.165) is 42.9 Å². The molecule has 1 saturated heterocycles. The SMILES string of the molecule is Oc1c(CN2CCC(Cc3ccccc3)CC2)cc(Cl)c2cccnc12. The summed E-state index contributed by atoms with van der Waals surface area (Å²) in [6.45, 7) is 2.82. The maximum absolute atomic E-state index is 10.6. The first kappa shape index (κ1) is 17.3. The van der Waals surface area contributed by atoms with Crippen LogP contribution >= 0.6 is 11.6 Å². The van der Waals surface area contributed by atoms with Crippen molar-refractivity contribution < 1.29 is 5.11 Å². The largest absolute Gasteiger partial charge is 0.505 e. The minimum Gasteiger partial charge on any atom is -0.505 e. The quantitative estimate of drug-likeness (QED) is 0.702. The minimum absolute atomic E-state index is 0.261. The monoisotopic (exact) mass is 366 g/mol. The van der Waals surface area contributed by atoms with Crippen LogP contribution in [0.15, 0.2) is 54.7 Å². The Bertz CT molecular complexity index is 889. The fraction of sp³-hybridized carbons (Fsp3) is 0.318. The van der Waals surface area contributed by atoms with Crippen molar-refractivity contribution in [2.75, 3.05) is 13.1 Å². The number of aromatic nitrogens is 1. The van der Waals surface area contributed by atoms with Gasteiger partial charge in [-0.3, -0.25) is 9.88 Å². The van der Waals surface area contributed by atoms with Crippen molar-refractivity contribution >= 4 is 22.5 Å². The minimum atomic E-state index is 0.261. The van der Waals surface area contributed by atoms with Crippen LogP contribution in [0, 0.1) is 5.92 Å². The van der Waals surface area contributed by atoms with Crippen LogP contribution in [-0.2, 0) is 13.0 Å². The molecule has 4 heteroatoms. The zero-order valence-electron chi connectivity index (χ0n) is 14.7. The number of nitrogens with zero attached hydrogens (tertiary/aromatic N) is 2. The number of pyridine rings is 1. The average molecular weight is 367 g/mol. The molecule has 1 fully saturated rings. The molecule has 0 bridgehead atoms. The fourth-order valence-electron chi connectivity index (χ4n) is 3.90. The number of rotatable bonds is 4. The summed E-state index contributed by atoms with van der Waals surface area (Å²) in [6, 6.07) is 16.4. The van der Waals surface area contributed by atoms with Crippen molar-refractivity contribution in [1.82, 2.24) is 9.88 Å². The molecule has 0 spiro atoms. The predicted molar refractivity (Wildman–Crippen MR) is 107 cm³/mol. The van der Waals surface area contributed by atoms with Crippen LogP contribution in [0.3, 0.4) is 0 Å². The highest BCUT2D eigenvalue weighted by atomic mass is 35.5. The van der Waals surface area contributed by atoms with Crippen molar-refractivity contribution in [2.45, 2.75) is 25.8 Å². The normalized spacial score (nSPS) is 16.2. The molecule has 1 aliphatic rings. The van der Waals surface area contributed by atoms with Crippen LogP contribution in [-0.4, -0.2) is 28.1 Å². The van der Waals surface area contributed by atoms with E-state index < -0.39 is 0 Å². The first-order valence-electron chi connectivity index (χ1n) is 9.22. The molecule has 4 rings (SSSR count). The third-order valence-corrected chi connectivity index (χ3v) is 5.68. The lowest BCUT2D eigenvalue weighted by Gasteiger charge is -2.32. The predicted octanol–water partition coefficient (Wildman–Crippen LogP) is 5.05. The van der Waals surface area contributed by atoms with Gasteiger partial charge in [-0.05, 0) is 62.0 Å². The second-order valence-electron chi connectivity index (χ2n) is 7.17. The van der Waals surface area contributed by atoms with Gasteiger partial charge in [-0.25, -0.2) is 0 Å². The number of aromatic hydroxyl groups is 1. The smallest absolute Gasteiger partial charge is 0.146 e. The van der Waals surface area contributed by atoms with Gasteiger partial charge in [0.25, 0.3) is 0 Å². The summed E-state index contributed by atoms with van der Waals surface area (Å²) >= 11 is 6.40. The number of phenols is 1. The summed E-state index contributed by atoms with van der Waals surface area (Å²) in [4.78, 5) is 6.71. The van der Waals surface area contributed by atoms with E-state index in [-0.39, 0.29) is 5.75 Å². The molecule has 1 N–H and O–H groups in total. The van der Waals surface area contributed by atoms with Gasteiger partial charge in [0.05, 0.1) is 5.02 Å². The molecule has 0 amide bonds. The maximum Gasteiger partial charge on any atom is 0.146 e. The number of hydrogen-bond donors (Lipinski definition) is 1. The van der Waals surface area contributed by atoms with E-state index in [1.54, 1.807) is 6.20 Å². The highest BCUT2D eigenvalue weighted by Gasteiger charge is 2.21. The lowest BCUT2D eigenvalue weighted by Crippen LogP contribution is -2.33. The first-order valence-corrected chi connectivity index (χ1v) is 9.60. The van der Waals surface area contributed by atoms with Crippen molar-refractivity contribution in [3.63, 3.8) is 0 Å². The Morgan fingerprint density at radius 2 is 1.85 bits per heavy atom. The third kappa shape index (κ3) is 3.69. The lowest BCUT2D eigenvalue weighted by atomic mass is 9.90. The van der Waals surface area contributed by atoms with Gasteiger partial charge >= 0.3 is 0 Å². The maximum atomic E-state index is 10.6. The van der Waals surface area contributed by atoms with E-state index in [0.29, 0.717) is 10.5 Å². The van der Waals surface area contributed by atoms with Gasteiger partial charge in [0, 0.05) is 23.7 Å². The molecule has 0 saturated carbocycles. The van der Waals surface area contributed by atoms with Crippen LogP contribution in [0.4, 0.5) is 0 Å². The Labute approximate surface area is 159 Å². The van der Waals surface area contributed by atoms with E-state index >= 15 is 0 Å². The highest BCUT2D eigenvalue weighted by Crippen LogP contribution is 2.34. The molecular weight excluding hydrogens is 344 g/mol. The summed E-state index contributed by atoms with van der Waals surface area (Å²) < 4.78 is 0. The molecule has 134 valence electrons. The number of hydrogen-bond acceptors (Lipinski definition) is 3. The van der Waals surface area contributed by atoms with Gasteiger partial charge in [-0.1, -0.05) is 41.9 Å². The number of phenolic OH excluding ortho intramolecular Hbond substituents is 1. The molecule has 2 heterocycles. The zero-order valence-corrected chi connectivity index (χ0v) is 15.5. The van der Waals surface area contributed by atoms with Crippen LogP contribution in [0.25, 0.3) is 10.9 Å². The molecule has 0 unspecified atom stereocenters. The second kappa shape index (κ2) is 7.65. The van der Waals surface area contributed by atoms with Crippen molar-refractivity contribution in [3.8, 4) is 5.75 Å². The van der Waals surface area contributed by atoms with Gasteiger partial charge in [-0.15, -0.1) is 0 Å². The average Bonchev–Trinajstić information content (AvgIpc) is 2.68. The third-order valence-electron chi connectivity index (χ3n) is 5.36. The molecule has 2 aromatic carbocycles. The van der Waals surface area contributed by atoms with Gasteiger partial charge in [0.2, 0.25) is 0 Å². The summed E-state index contributed by atoms with van der Waals surface area (Å²) in [5, 5.41) is 12.1. The Morgan fingerprint density at radius 1 is 1.08 bits per heavy atom. The van der Waals surface area contributed by atoms with Crippen LogP contribution in [0.1, 0.15) is 24.0 Å². The van der Waals surface area contributed by atoms with E-state index in [4.69, 9.17) is 11.6 Å². The van der Waals surface area contributed by atoms with Crippen molar-refractivity contribution in [2.24, 2.45) is 5.92 Å². The number of piperidine rings is 1. The number of fused-ring (bicyclic) bond motifs is 1. The van der Waals surface area contributed by atoms with E-state index in [9.17, 15) is 5.11 Å². The summed E-state index contributed by atoms with van der Waals surface area (Å²) in [5.74, 6) is 1.00. The topological polar surface area (TPSA) is 36.4 Å². The van der Waals surface area contributed by atoms with E-state index in [2.05, 4.69) is 40.2 Å². The van der Waals surface area contributed by atoms with E-state index in [1.165, 1.54) is 18.4 Å². The van der Waals surface area contributed by atoms with Gasteiger partial charge < -0.3 is 5.11 Å². The molecule has 3 nitrogen and oxygen atoms in total. The van der Waals surface area contributed by atoms with E-state index in [1.807, 2.05) is 18.2 Å². The number of likely N-dealkylation sites (tertiary alicyclic amines) is 1. The molecule has 1 aliphatic heterocycles. The molecule has 1 aromatic heterocycles. The molecule has 3 aromatic rings.